The Balaban J connectivity index is 2.14. The second-order valence-electron chi connectivity index (χ2n) is 6.87. The zero-order valence-electron chi connectivity index (χ0n) is 15.9. The number of nitrogens with zero attached hydrogens (tertiary/aromatic N) is 1. The van der Waals surface area contributed by atoms with Gasteiger partial charge in [0.2, 0.25) is 10.0 Å². The minimum Gasteiger partial charge on any atom is -0.322 e. The zero-order valence-corrected chi connectivity index (χ0v) is 16.7. The number of rotatable bonds is 6. The third kappa shape index (κ3) is 4.51. The van der Waals surface area contributed by atoms with Gasteiger partial charge >= 0.3 is 0 Å². The topological polar surface area (TPSA) is 66.5 Å². The Labute approximate surface area is 156 Å². The van der Waals surface area contributed by atoms with Crippen LogP contribution in [-0.2, 0) is 10.0 Å². The molecule has 2 aromatic rings. The number of benzene rings is 2. The highest BCUT2D eigenvalue weighted by molar-refractivity contribution is 7.89. The summed E-state index contributed by atoms with van der Waals surface area (Å²) in [5, 5.41) is 2.82. The average molecular weight is 375 g/mol. The van der Waals surface area contributed by atoms with E-state index >= 15 is 0 Å². The lowest BCUT2D eigenvalue weighted by Crippen LogP contribution is -2.33. The van der Waals surface area contributed by atoms with Gasteiger partial charge in [0.05, 0.1) is 4.90 Å². The molecule has 0 radical (unpaired) electrons. The number of amides is 1. The molecule has 0 aliphatic rings. The van der Waals surface area contributed by atoms with Crippen LogP contribution in [0.15, 0.2) is 53.4 Å². The van der Waals surface area contributed by atoms with Crippen molar-refractivity contribution in [1.29, 1.82) is 0 Å². The van der Waals surface area contributed by atoms with E-state index in [0.29, 0.717) is 17.2 Å². The number of hydrogen-bond acceptors (Lipinski definition) is 3. The van der Waals surface area contributed by atoms with Gasteiger partial charge < -0.3 is 5.32 Å². The Morgan fingerprint density at radius 1 is 0.923 bits per heavy atom. The van der Waals surface area contributed by atoms with Crippen LogP contribution in [0.4, 0.5) is 5.69 Å². The van der Waals surface area contributed by atoms with Gasteiger partial charge in [-0.3, -0.25) is 4.79 Å². The Bertz CT molecular complexity index is 855. The number of carbonyl (C=O) groups is 1. The van der Waals surface area contributed by atoms with Gasteiger partial charge in [-0.05, 0) is 61.7 Å². The van der Waals surface area contributed by atoms with E-state index in [0.717, 1.165) is 0 Å². The second-order valence-corrected chi connectivity index (χ2v) is 8.87. The van der Waals surface area contributed by atoms with Gasteiger partial charge in [-0.25, -0.2) is 8.42 Å². The third-order valence-corrected chi connectivity index (χ3v) is 6.40. The van der Waals surface area contributed by atoms with Gasteiger partial charge in [0.15, 0.2) is 0 Å². The van der Waals surface area contributed by atoms with Crippen LogP contribution in [0.1, 0.15) is 49.5 Å². The largest absolute Gasteiger partial charge is 0.322 e. The summed E-state index contributed by atoms with van der Waals surface area (Å²) in [4.78, 5) is 12.5. The van der Waals surface area contributed by atoms with Gasteiger partial charge in [0, 0.05) is 24.3 Å². The fraction of sp³-hybridized carbons (Fsp3) is 0.350. The van der Waals surface area contributed by atoms with E-state index in [9.17, 15) is 13.2 Å². The van der Waals surface area contributed by atoms with E-state index in [1.54, 1.807) is 7.05 Å². The highest BCUT2D eigenvalue weighted by atomic mass is 32.2. The number of nitrogens with one attached hydrogen (secondary N) is 1. The van der Waals surface area contributed by atoms with Gasteiger partial charge in [-0.2, -0.15) is 4.31 Å². The molecule has 0 bridgehead atoms. The van der Waals surface area contributed by atoms with E-state index in [-0.39, 0.29) is 16.8 Å². The quantitative estimate of drug-likeness (QED) is 0.828. The van der Waals surface area contributed by atoms with Crippen LogP contribution >= 0.6 is 0 Å². The smallest absolute Gasteiger partial charge is 0.255 e. The lowest BCUT2D eigenvalue weighted by Gasteiger charge is -2.21. The molecule has 0 saturated carbocycles. The molecule has 140 valence electrons. The van der Waals surface area contributed by atoms with Gasteiger partial charge in [0.25, 0.3) is 5.91 Å². The fourth-order valence-electron chi connectivity index (χ4n) is 2.38. The number of hydrogen-bond donors (Lipinski definition) is 1. The second kappa shape index (κ2) is 8.01. The summed E-state index contributed by atoms with van der Waals surface area (Å²) in [5.74, 6) is 0.154. The summed E-state index contributed by atoms with van der Waals surface area (Å²) in [6, 6.07) is 13.5. The summed E-state index contributed by atoms with van der Waals surface area (Å²) in [6.45, 7) is 7.84. The number of anilines is 1. The Kier molecular flexibility index (Phi) is 6.21. The Morgan fingerprint density at radius 2 is 1.46 bits per heavy atom. The van der Waals surface area contributed by atoms with Crippen molar-refractivity contribution >= 4 is 21.6 Å². The van der Waals surface area contributed by atoms with Crippen molar-refractivity contribution in [2.75, 3.05) is 12.4 Å². The molecule has 0 aliphatic carbocycles. The average Bonchev–Trinajstić information content (AvgIpc) is 2.61. The van der Waals surface area contributed by atoms with Crippen LogP contribution < -0.4 is 5.32 Å². The maximum atomic E-state index is 12.5. The van der Waals surface area contributed by atoms with Gasteiger partial charge in [0.1, 0.15) is 0 Å². The van der Waals surface area contributed by atoms with E-state index < -0.39 is 10.0 Å². The van der Waals surface area contributed by atoms with Crippen molar-refractivity contribution in [1.82, 2.24) is 4.31 Å². The number of sulfonamides is 1. The zero-order chi connectivity index (χ0) is 19.5. The first-order chi connectivity index (χ1) is 12.1. The summed E-state index contributed by atoms with van der Waals surface area (Å²) in [6.07, 6.45) is 0. The molecule has 5 nitrogen and oxygen atoms in total. The van der Waals surface area contributed by atoms with Crippen LogP contribution in [0.5, 0.6) is 0 Å². The molecule has 6 heteroatoms. The SMILES string of the molecule is CC(C)c1ccc(NC(=O)c2ccc(S(=O)(=O)N(C)C(C)C)cc2)cc1. The maximum absolute atomic E-state index is 12.5. The first-order valence-corrected chi connectivity index (χ1v) is 10.1. The van der Waals surface area contributed by atoms with Crippen molar-refractivity contribution in [3.8, 4) is 0 Å². The molecule has 0 heterocycles. The van der Waals surface area contributed by atoms with Crippen LogP contribution in [0.2, 0.25) is 0 Å². The van der Waals surface area contributed by atoms with Crippen molar-refractivity contribution in [2.24, 2.45) is 0 Å². The molecule has 1 amide bonds. The van der Waals surface area contributed by atoms with E-state index in [4.69, 9.17) is 0 Å². The van der Waals surface area contributed by atoms with Gasteiger partial charge in [-0.15, -0.1) is 0 Å². The van der Waals surface area contributed by atoms with Crippen molar-refractivity contribution in [3.63, 3.8) is 0 Å². The Morgan fingerprint density at radius 3 is 1.92 bits per heavy atom. The maximum Gasteiger partial charge on any atom is 0.255 e. The molecule has 1 N–H and O–H groups in total. The molecule has 26 heavy (non-hydrogen) atoms. The predicted octanol–water partition coefficient (Wildman–Crippen LogP) is 4.09. The monoisotopic (exact) mass is 374 g/mol. The van der Waals surface area contributed by atoms with Gasteiger partial charge in [-0.1, -0.05) is 26.0 Å². The van der Waals surface area contributed by atoms with Crippen LogP contribution in [-0.4, -0.2) is 31.7 Å². The lowest BCUT2D eigenvalue weighted by atomic mass is 10.0. The summed E-state index contributed by atoms with van der Waals surface area (Å²) >= 11 is 0. The molecule has 2 aromatic carbocycles. The molecule has 0 saturated heterocycles. The first kappa shape index (κ1) is 20.1. The van der Waals surface area contributed by atoms with Crippen LogP contribution in [0, 0.1) is 0 Å². The van der Waals surface area contributed by atoms with Crippen molar-refractivity contribution < 1.29 is 13.2 Å². The van der Waals surface area contributed by atoms with E-state index in [1.807, 2.05) is 38.1 Å². The van der Waals surface area contributed by atoms with E-state index in [2.05, 4.69) is 19.2 Å². The first-order valence-electron chi connectivity index (χ1n) is 8.62. The minimum atomic E-state index is -3.55. The van der Waals surface area contributed by atoms with Crippen molar-refractivity contribution in [2.45, 2.75) is 44.6 Å². The summed E-state index contributed by atoms with van der Waals surface area (Å²) < 4.78 is 26.2. The normalized spacial score (nSPS) is 12.0. The van der Waals surface area contributed by atoms with Crippen LogP contribution in [0.3, 0.4) is 0 Å². The highest BCUT2D eigenvalue weighted by Gasteiger charge is 2.23. The van der Waals surface area contributed by atoms with E-state index in [1.165, 1.54) is 34.1 Å². The van der Waals surface area contributed by atoms with Crippen molar-refractivity contribution in [3.05, 3.63) is 59.7 Å². The molecule has 0 fully saturated rings. The predicted molar refractivity (Wildman–Crippen MR) is 105 cm³/mol. The molecule has 0 aromatic heterocycles. The molecular weight excluding hydrogens is 348 g/mol. The lowest BCUT2D eigenvalue weighted by molar-refractivity contribution is 0.102. The van der Waals surface area contributed by atoms with Crippen LogP contribution in [0.25, 0.3) is 0 Å². The Hall–Kier alpha value is -2.18. The summed E-state index contributed by atoms with van der Waals surface area (Å²) in [5.41, 5.74) is 2.31. The fourth-order valence-corrected chi connectivity index (χ4v) is 3.74. The molecule has 0 aliphatic heterocycles. The molecule has 2 rings (SSSR count). The third-order valence-electron chi connectivity index (χ3n) is 4.36. The molecule has 0 spiro atoms. The molecule has 0 unspecified atom stereocenters. The highest BCUT2D eigenvalue weighted by Crippen LogP contribution is 2.19. The number of carbonyl (C=O) groups excluding carboxylic acids is 1. The molecular formula is C20H26N2O3S. The standard InChI is InChI=1S/C20H26N2O3S/c1-14(2)16-6-10-18(11-7-16)21-20(23)17-8-12-19(13-9-17)26(24,25)22(5)15(3)4/h6-15H,1-5H3,(H,21,23). The summed E-state index contributed by atoms with van der Waals surface area (Å²) in [7, 11) is -2.01. The molecule has 0 atom stereocenters. The minimum absolute atomic E-state index is 0.142.